The summed E-state index contributed by atoms with van der Waals surface area (Å²) in [6.07, 6.45) is -0.675. The second-order valence-corrected chi connectivity index (χ2v) is 9.70. The molecule has 0 aliphatic heterocycles. The molecule has 4 N–H and O–H groups in total. The lowest BCUT2D eigenvalue weighted by Gasteiger charge is -2.16. The van der Waals surface area contributed by atoms with Crippen LogP contribution in [0.15, 0.2) is 35.5 Å². The summed E-state index contributed by atoms with van der Waals surface area (Å²) < 4.78 is 1.44. The van der Waals surface area contributed by atoms with Gasteiger partial charge in [-0.3, -0.25) is 4.79 Å². The molecule has 2 saturated carbocycles. The Morgan fingerprint density at radius 2 is 1.97 bits per heavy atom. The van der Waals surface area contributed by atoms with Crippen molar-refractivity contribution in [2.24, 2.45) is 5.92 Å². The Kier molecular flexibility index (Phi) is 5.94. The number of nitrogens with zero attached hydrogens (tertiary/aromatic N) is 5. The summed E-state index contributed by atoms with van der Waals surface area (Å²) in [5.41, 5.74) is 2.16. The van der Waals surface area contributed by atoms with E-state index in [1.165, 1.54) is 22.0 Å². The van der Waals surface area contributed by atoms with Crippen LogP contribution in [0.4, 0.5) is 5.82 Å². The molecular weight excluding hydrogens is 444 g/mol. The smallest absolute Gasteiger partial charge is 0.309 e. The van der Waals surface area contributed by atoms with Gasteiger partial charge in [0.05, 0.1) is 18.1 Å². The minimum Gasteiger partial charge on any atom is -0.481 e. The second kappa shape index (κ2) is 8.88. The molecule has 0 saturated heterocycles. The molecule has 0 radical (unpaired) electrons. The zero-order valence-electron chi connectivity index (χ0n) is 18.1. The average molecular weight is 471 g/mol. The maximum atomic E-state index is 11.5. The highest BCUT2D eigenvalue weighted by Gasteiger charge is 2.47. The van der Waals surface area contributed by atoms with E-state index in [1.807, 2.05) is 18.2 Å². The largest absolute Gasteiger partial charge is 0.481 e. The molecular formula is C22H26N6O4S. The van der Waals surface area contributed by atoms with Crippen LogP contribution in [-0.4, -0.2) is 70.3 Å². The van der Waals surface area contributed by atoms with Crippen molar-refractivity contribution in [2.45, 2.75) is 61.6 Å². The van der Waals surface area contributed by atoms with Crippen molar-refractivity contribution in [2.75, 3.05) is 11.1 Å². The van der Waals surface area contributed by atoms with Crippen molar-refractivity contribution in [3.63, 3.8) is 0 Å². The number of hydrogen-bond donors (Lipinski definition) is 4. The third kappa shape index (κ3) is 4.16. The molecule has 1 aromatic carbocycles. The number of hydrogen-bond acceptors (Lipinski definition) is 9. The molecule has 5 rings (SSSR count). The first-order valence-electron chi connectivity index (χ1n) is 11.1. The predicted octanol–water partition coefficient (Wildman–Crippen LogP) is 2.06. The normalized spacial score (nSPS) is 28.8. The fourth-order valence-corrected chi connectivity index (χ4v) is 5.18. The summed E-state index contributed by atoms with van der Waals surface area (Å²) >= 11 is 1.52. The fraction of sp³-hybridized carbons (Fsp3) is 0.500. The molecule has 10 nitrogen and oxygen atoms in total. The average Bonchev–Trinajstić information content (AvgIpc) is 3.35. The van der Waals surface area contributed by atoms with Crippen LogP contribution in [0.5, 0.6) is 0 Å². The fourth-order valence-electron chi connectivity index (χ4n) is 4.49. The Morgan fingerprint density at radius 3 is 2.67 bits per heavy atom. The summed E-state index contributed by atoms with van der Waals surface area (Å²) in [6, 6.07) is 9.78. The number of rotatable bonds is 8. The van der Waals surface area contributed by atoms with E-state index in [1.54, 1.807) is 0 Å². The van der Waals surface area contributed by atoms with E-state index in [2.05, 4.69) is 44.7 Å². The summed E-state index contributed by atoms with van der Waals surface area (Å²) in [6.45, 7) is 2.08. The van der Waals surface area contributed by atoms with Crippen molar-refractivity contribution in [1.82, 2.24) is 25.0 Å². The molecule has 2 aromatic heterocycles. The molecule has 2 heterocycles. The number of thioether (sulfide) groups is 1. The number of aliphatic hydroxyl groups excluding tert-OH is 2. The van der Waals surface area contributed by atoms with E-state index in [-0.39, 0.29) is 12.5 Å². The van der Waals surface area contributed by atoms with Crippen LogP contribution in [-0.2, 0) is 4.79 Å². The minimum absolute atomic E-state index is 0.0407. The number of anilines is 1. The van der Waals surface area contributed by atoms with Crippen molar-refractivity contribution < 1.29 is 20.1 Å². The second-order valence-electron chi connectivity index (χ2n) is 8.64. The van der Waals surface area contributed by atoms with Gasteiger partial charge in [-0.2, -0.15) is 0 Å². The molecule has 6 atom stereocenters. The quantitative estimate of drug-likeness (QED) is 0.285. The van der Waals surface area contributed by atoms with Gasteiger partial charge in [0.15, 0.2) is 22.1 Å². The third-order valence-electron chi connectivity index (χ3n) is 6.36. The third-order valence-corrected chi connectivity index (χ3v) is 7.42. The van der Waals surface area contributed by atoms with Gasteiger partial charge >= 0.3 is 5.97 Å². The van der Waals surface area contributed by atoms with Gasteiger partial charge < -0.3 is 20.6 Å². The monoisotopic (exact) mass is 470 g/mol. The first kappa shape index (κ1) is 22.1. The number of carboxylic acid groups (broad SMARTS) is 1. The molecule has 2 fully saturated rings. The van der Waals surface area contributed by atoms with Crippen LogP contribution in [0.3, 0.4) is 0 Å². The highest BCUT2D eigenvalue weighted by Crippen LogP contribution is 2.43. The van der Waals surface area contributed by atoms with E-state index in [4.69, 9.17) is 0 Å². The Hall–Kier alpha value is -2.76. The molecule has 2 aliphatic carbocycles. The number of aliphatic carboxylic acids is 1. The zero-order chi connectivity index (χ0) is 23.1. The minimum atomic E-state index is -1.38. The van der Waals surface area contributed by atoms with Crippen LogP contribution in [0, 0.1) is 5.92 Å². The Bertz CT molecular complexity index is 1160. The number of carboxylic acids is 1. The van der Waals surface area contributed by atoms with Crippen LogP contribution in [0.2, 0.25) is 0 Å². The number of benzene rings is 1. The van der Waals surface area contributed by atoms with Gasteiger partial charge in [-0.15, -0.1) is 5.10 Å². The van der Waals surface area contributed by atoms with Gasteiger partial charge in [-0.1, -0.05) is 54.2 Å². The molecule has 11 heteroatoms. The molecule has 33 heavy (non-hydrogen) atoms. The van der Waals surface area contributed by atoms with Crippen LogP contribution in [0.25, 0.3) is 11.2 Å². The maximum Gasteiger partial charge on any atom is 0.309 e. The standard InChI is InChI=1S/C22H26N6O4S/c1-2-8-33-22-24-19(23-14-9-12(14)11-6-4-3-5-7-11)16-20(25-22)28(27-26-16)15-10-13(21(31)32)17(29)18(15)30/h3-7,12-15,17-18,29-30H,2,8-10H2,1H3,(H,31,32)(H,23,24,25)/t12?,13-,14?,15+,17+,18-/m0/s1. The topological polar surface area (TPSA) is 146 Å². The van der Waals surface area contributed by atoms with E-state index in [0.29, 0.717) is 28.1 Å². The Labute approximate surface area is 194 Å². The number of nitrogens with one attached hydrogen (secondary N) is 1. The summed E-state index contributed by atoms with van der Waals surface area (Å²) in [4.78, 5) is 20.8. The maximum absolute atomic E-state index is 11.5. The van der Waals surface area contributed by atoms with Crippen LogP contribution < -0.4 is 5.32 Å². The van der Waals surface area contributed by atoms with Crippen molar-refractivity contribution in [3.05, 3.63) is 35.9 Å². The summed E-state index contributed by atoms with van der Waals surface area (Å²) in [5.74, 6) is -0.410. The molecule has 0 amide bonds. The van der Waals surface area contributed by atoms with Gasteiger partial charge in [-0.25, -0.2) is 14.6 Å². The van der Waals surface area contributed by atoms with Gasteiger partial charge in [0.25, 0.3) is 0 Å². The molecule has 2 aliphatic rings. The highest BCUT2D eigenvalue weighted by atomic mass is 32.2. The van der Waals surface area contributed by atoms with E-state index in [0.717, 1.165) is 18.6 Å². The van der Waals surface area contributed by atoms with Gasteiger partial charge in [0.2, 0.25) is 0 Å². The SMILES string of the molecule is CCCSc1nc(NC2CC2c2ccccc2)c2nnn([C@@H]3C[C@H](C(=O)O)[C@@H](O)[C@H]3O)c2n1. The van der Waals surface area contributed by atoms with Crippen LogP contribution in [0.1, 0.15) is 43.7 Å². The van der Waals surface area contributed by atoms with E-state index >= 15 is 0 Å². The van der Waals surface area contributed by atoms with Gasteiger partial charge in [-0.05, 0) is 24.8 Å². The van der Waals surface area contributed by atoms with E-state index < -0.39 is 30.1 Å². The van der Waals surface area contributed by atoms with Crippen LogP contribution >= 0.6 is 11.8 Å². The van der Waals surface area contributed by atoms with Gasteiger partial charge in [0, 0.05) is 17.7 Å². The van der Waals surface area contributed by atoms with Crippen molar-refractivity contribution in [1.29, 1.82) is 0 Å². The number of carbonyl (C=O) groups is 1. The lowest BCUT2D eigenvalue weighted by atomic mass is 10.1. The Balaban J connectivity index is 1.47. The molecule has 2 unspecified atom stereocenters. The first-order chi connectivity index (χ1) is 16.0. The predicted molar refractivity (Wildman–Crippen MR) is 122 cm³/mol. The number of aromatic nitrogens is 5. The molecule has 0 bridgehead atoms. The zero-order valence-corrected chi connectivity index (χ0v) is 18.9. The Morgan fingerprint density at radius 1 is 1.18 bits per heavy atom. The van der Waals surface area contributed by atoms with Gasteiger partial charge in [0.1, 0.15) is 6.10 Å². The van der Waals surface area contributed by atoms with Crippen molar-refractivity contribution in [3.8, 4) is 0 Å². The van der Waals surface area contributed by atoms with Crippen molar-refractivity contribution >= 4 is 34.7 Å². The lowest BCUT2D eigenvalue weighted by Crippen LogP contribution is -2.32. The number of fused-ring (bicyclic) bond motifs is 1. The highest BCUT2D eigenvalue weighted by molar-refractivity contribution is 7.99. The summed E-state index contributed by atoms with van der Waals surface area (Å²) in [7, 11) is 0. The first-order valence-corrected chi connectivity index (χ1v) is 12.1. The summed E-state index contributed by atoms with van der Waals surface area (Å²) in [5, 5.41) is 42.7. The lowest BCUT2D eigenvalue weighted by molar-refractivity contribution is -0.145. The van der Waals surface area contributed by atoms with E-state index in [9.17, 15) is 20.1 Å². The molecule has 0 spiro atoms. The molecule has 3 aromatic rings. The molecule has 174 valence electrons. The number of aliphatic hydroxyl groups is 2.